The number of nitrogens with one attached hydrogen (secondary N) is 1. The zero-order valence-electron chi connectivity index (χ0n) is 14.4. The number of carbonyl (C=O) groups excluding carboxylic acids is 2. The Morgan fingerprint density at radius 3 is 2.88 bits per heavy atom. The number of hydrogen-bond acceptors (Lipinski definition) is 4. The summed E-state index contributed by atoms with van der Waals surface area (Å²) in [5.74, 6) is -0.0641. The van der Waals surface area contributed by atoms with Gasteiger partial charge in [0.1, 0.15) is 6.04 Å². The molecule has 2 fully saturated rings. The van der Waals surface area contributed by atoms with Crippen LogP contribution >= 0.6 is 0 Å². The lowest BCUT2D eigenvalue weighted by Gasteiger charge is -2.31. The summed E-state index contributed by atoms with van der Waals surface area (Å²) in [6.45, 7) is 5.93. The molecule has 0 saturated carbocycles. The number of amides is 2. The molecule has 0 radical (unpaired) electrons. The molecule has 25 heavy (non-hydrogen) atoms. The van der Waals surface area contributed by atoms with Crippen molar-refractivity contribution in [3.8, 4) is 0 Å². The second-order valence-electron chi connectivity index (χ2n) is 6.65. The number of rotatable bonds is 5. The maximum atomic E-state index is 12.9. The number of carbonyl (C=O) groups is 2. The Morgan fingerprint density at radius 2 is 2.12 bits per heavy atom. The predicted molar refractivity (Wildman–Crippen MR) is 96.4 cm³/mol. The summed E-state index contributed by atoms with van der Waals surface area (Å²) < 4.78 is 0. The van der Waals surface area contributed by atoms with Crippen LogP contribution in [0.25, 0.3) is 0 Å². The van der Waals surface area contributed by atoms with Gasteiger partial charge >= 0.3 is 0 Å². The van der Waals surface area contributed by atoms with Gasteiger partial charge in [-0.3, -0.25) is 9.59 Å². The van der Waals surface area contributed by atoms with Crippen LogP contribution in [0.15, 0.2) is 36.9 Å². The van der Waals surface area contributed by atoms with Gasteiger partial charge in [-0.05, 0) is 31.4 Å². The Hall–Kier alpha value is -2.34. The maximum absolute atomic E-state index is 12.9. The van der Waals surface area contributed by atoms with Crippen LogP contribution in [0.1, 0.15) is 29.6 Å². The fraction of sp³-hybridized carbons (Fsp3) is 0.474. The fourth-order valence-corrected chi connectivity index (χ4v) is 3.50. The summed E-state index contributed by atoms with van der Waals surface area (Å²) in [6.07, 6.45) is 3.51. The van der Waals surface area contributed by atoms with Gasteiger partial charge < -0.3 is 20.2 Å². The van der Waals surface area contributed by atoms with Crippen molar-refractivity contribution in [3.63, 3.8) is 0 Å². The minimum atomic E-state index is -0.457. The van der Waals surface area contributed by atoms with Crippen LogP contribution in [0.5, 0.6) is 0 Å². The highest BCUT2D eigenvalue weighted by molar-refractivity contribution is 6.00. The lowest BCUT2D eigenvalue weighted by Crippen LogP contribution is -2.42. The van der Waals surface area contributed by atoms with Crippen molar-refractivity contribution in [2.24, 2.45) is 0 Å². The SMILES string of the molecule is C=CCN1CCC(Nc2ccccc2C(=O)N2CCCC(O)C2)C1=O. The summed E-state index contributed by atoms with van der Waals surface area (Å²) in [5, 5.41) is 13.1. The van der Waals surface area contributed by atoms with E-state index in [2.05, 4.69) is 11.9 Å². The number of hydrogen-bond donors (Lipinski definition) is 2. The summed E-state index contributed by atoms with van der Waals surface area (Å²) in [7, 11) is 0. The highest BCUT2D eigenvalue weighted by atomic mass is 16.3. The van der Waals surface area contributed by atoms with Gasteiger partial charge in [0, 0.05) is 31.9 Å². The zero-order valence-corrected chi connectivity index (χ0v) is 14.4. The standard InChI is InChI=1S/C19H25N3O3/c1-2-10-21-12-9-17(19(21)25)20-16-8-4-3-7-15(16)18(24)22-11-5-6-14(23)13-22/h2-4,7-8,14,17,20,23H,1,5-6,9-13H2. The summed E-state index contributed by atoms with van der Waals surface area (Å²) in [6, 6.07) is 6.95. The van der Waals surface area contributed by atoms with E-state index in [1.807, 2.05) is 18.2 Å². The van der Waals surface area contributed by atoms with Gasteiger partial charge in [-0.1, -0.05) is 18.2 Å². The molecule has 6 heteroatoms. The van der Waals surface area contributed by atoms with Crippen molar-refractivity contribution in [1.29, 1.82) is 0 Å². The van der Waals surface area contributed by atoms with Gasteiger partial charge in [0.05, 0.1) is 11.7 Å². The molecule has 1 aromatic rings. The van der Waals surface area contributed by atoms with Gasteiger partial charge in [-0.25, -0.2) is 0 Å². The van der Waals surface area contributed by atoms with Crippen molar-refractivity contribution in [3.05, 3.63) is 42.5 Å². The number of aliphatic hydroxyl groups excluding tert-OH is 1. The quantitative estimate of drug-likeness (QED) is 0.795. The van der Waals surface area contributed by atoms with Gasteiger partial charge in [-0.15, -0.1) is 6.58 Å². The Morgan fingerprint density at radius 1 is 1.32 bits per heavy atom. The number of β-amino-alcohol motifs (C(OH)–C–C–N with tert-alkyl or cyclic N) is 1. The molecule has 2 amide bonds. The number of benzene rings is 1. The van der Waals surface area contributed by atoms with E-state index in [-0.39, 0.29) is 17.9 Å². The molecule has 0 aromatic heterocycles. The molecule has 2 atom stereocenters. The van der Waals surface area contributed by atoms with Crippen molar-refractivity contribution in [2.75, 3.05) is 31.5 Å². The molecular weight excluding hydrogens is 318 g/mol. The predicted octanol–water partition coefficient (Wildman–Crippen LogP) is 1.48. The molecule has 2 N–H and O–H groups in total. The van der Waals surface area contributed by atoms with Gasteiger partial charge in [0.25, 0.3) is 5.91 Å². The van der Waals surface area contributed by atoms with Gasteiger partial charge in [-0.2, -0.15) is 0 Å². The number of aliphatic hydroxyl groups is 1. The van der Waals surface area contributed by atoms with Crippen LogP contribution in [0.3, 0.4) is 0 Å². The topological polar surface area (TPSA) is 72.9 Å². The third-order valence-electron chi connectivity index (χ3n) is 4.82. The number of piperidine rings is 1. The van der Waals surface area contributed by atoms with E-state index in [0.29, 0.717) is 43.9 Å². The molecular formula is C19H25N3O3. The van der Waals surface area contributed by atoms with Crippen LogP contribution in [0, 0.1) is 0 Å². The highest BCUT2D eigenvalue weighted by Gasteiger charge is 2.32. The normalized spacial score (nSPS) is 23.6. The van der Waals surface area contributed by atoms with E-state index in [9.17, 15) is 14.7 Å². The molecule has 2 heterocycles. The molecule has 2 saturated heterocycles. The molecule has 6 nitrogen and oxygen atoms in total. The third-order valence-corrected chi connectivity index (χ3v) is 4.82. The van der Waals surface area contributed by atoms with Crippen LogP contribution in [-0.2, 0) is 4.79 Å². The van der Waals surface area contributed by atoms with Crippen LogP contribution < -0.4 is 5.32 Å². The average Bonchev–Trinajstić information content (AvgIpc) is 2.95. The van der Waals surface area contributed by atoms with E-state index in [1.165, 1.54) is 0 Å². The Labute approximate surface area is 148 Å². The molecule has 1 aromatic carbocycles. The second-order valence-corrected chi connectivity index (χ2v) is 6.65. The van der Waals surface area contributed by atoms with Crippen molar-refractivity contribution in [1.82, 2.24) is 9.80 Å². The Bertz CT molecular complexity index is 661. The lowest BCUT2D eigenvalue weighted by atomic mass is 10.1. The molecule has 0 spiro atoms. The summed E-state index contributed by atoms with van der Waals surface area (Å²) in [4.78, 5) is 28.7. The number of nitrogens with zero attached hydrogens (tertiary/aromatic N) is 2. The first-order valence-electron chi connectivity index (χ1n) is 8.82. The number of para-hydroxylation sites is 1. The molecule has 2 aliphatic rings. The lowest BCUT2D eigenvalue weighted by molar-refractivity contribution is -0.127. The highest BCUT2D eigenvalue weighted by Crippen LogP contribution is 2.23. The minimum absolute atomic E-state index is 0.0375. The zero-order chi connectivity index (χ0) is 17.8. The van der Waals surface area contributed by atoms with Crippen molar-refractivity contribution in [2.45, 2.75) is 31.4 Å². The molecule has 134 valence electrons. The van der Waals surface area contributed by atoms with E-state index >= 15 is 0 Å². The monoisotopic (exact) mass is 343 g/mol. The van der Waals surface area contributed by atoms with Gasteiger partial charge in [0.2, 0.25) is 5.91 Å². The first-order valence-corrected chi connectivity index (χ1v) is 8.82. The second kappa shape index (κ2) is 7.70. The molecule has 0 aliphatic carbocycles. The summed E-state index contributed by atoms with van der Waals surface area (Å²) in [5.41, 5.74) is 1.22. The van der Waals surface area contributed by atoms with Crippen molar-refractivity contribution < 1.29 is 14.7 Å². The smallest absolute Gasteiger partial charge is 0.256 e. The van der Waals surface area contributed by atoms with E-state index in [0.717, 1.165) is 12.8 Å². The molecule has 3 rings (SSSR count). The molecule has 2 unspecified atom stereocenters. The fourth-order valence-electron chi connectivity index (χ4n) is 3.50. The van der Waals surface area contributed by atoms with Crippen molar-refractivity contribution >= 4 is 17.5 Å². The van der Waals surface area contributed by atoms with Crippen LogP contribution in [-0.4, -0.2) is 65.0 Å². The summed E-state index contributed by atoms with van der Waals surface area (Å²) >= 11 is 0. The first kappa shape index (κ1) is 17.5. The molecule has 0 bridgehead atoms. The van der Waals surface area contributed by atoms with Crippen LogP contribution in [0.4, 0.5) is 5.69 Å². The van der Waals surface area contributed by atoms with Gasteiger partial charge in [0.15, 0.2) is 0 Å². The maximum Gasteiger partial charge on any atom is 0.256 e. The Balaban J connectivity index is 1.74. The largest absolute Gasteiger partial charge is 0.391 e. The third kappa shape index (κ3) is 3.85. The Kier molecular flexibility index (Phi) is 5.38. The minimum Gasteiger partial charge on any atom is -0.391 e. The first-order chi connectivity index (χ1) is 12.1. The average molecular weight is 343 g/mol. The molecule has 2 aliphatic heterocycles. The van der Waals surface area contributed by atoms with E-state index < -0.39 is 6.10 Å². The van der Waals surface area contributed by atoms with Crippen LogP contribution in [0.2, 0.25) is 0 Å². The van der Waals surface area contributed by atoms with E-state index in [1.54, 1.807) is 21.9 Å². The number of likely N-dealkylation sites (tertiary alicyclic amines) is 2. The number of anilines is 1. The van der Waals surface area contributed by atoms with E-state index in [4.69, 9.17) is 0 Å².